The summed E-state index contributed by atoms with van der Waals surface area (Å²) in [7, 11) is 4.27. The molecule has 1 aromatic heterocycles. The van der Waals surface area contributed by atoms with E-state index in [0.29, 0.717) is 17.9 Å². The minimum Gasteiger partial charge on any atom is -0.464 e. The molecular formula is C15H26N4O2. The van der Waals surface area contributed by atoms with Gasteiger partial charge in [0.25, 0.3) is 5.91 Å². The third kappa shape index (κ3) is 4.30. The van der Waals surface area contributed by atoms with E-state index in [0.717, 1.165) is 18.2 Å². The van der Waals surface area contributed by atoms with Crippen LogP contribution in [0.3, 0.4) is 0 Å². The van der Waals surface area contributed by atoms with Crippen molar-refractivity contribution >= 4 is 5.91 Å². The smallest absolute Gasteiger partial charge is 0.268 e. The summed E-state index contributed by atoms with van der Waals surface area (Å²) in [6.45, 7) is 5.92. The van der Waals surface area contributed by atoms with Gasteiger partial charge in [-0.2, -0.15) is 0 Å². The molecule has 0 bridgehead atoms. The van der Waals surface area contributed by atoms with Gasteiger partial charge < -0.3 is 9.32 Å². The van der Waals surface area contributed by atoms with Gasteiger partial charge in [0.2, 0.25) is 0 Å². The zero-order valence-corrected chi connectivity index (χ0v) is 13.2. The minimum absolute atomic E-state index is 0.305. The Bertz CT molecular complexity index is 478. The third-order valence-electron chi connectivity index (χ3n) is 4.18. The Morgan fingerprint density at radius 1 is 1.52 bits per heavy atom. The van der Waals surface area contributed by atoms with Crippen molar-refractivity contribution in [2.24, 2.45) is 11.8 Å². The van der Waals surface area contributed by atoms with E-state index < -0.39 is 0 Å². The maximum Gasteiger partial charge on any atom is 0.268 e. The number of nitrogens with two attached hydrogens (primary N) is 1. The largest absolute Gasteiger partial charge is 0.464 e. The van der Waals surface area contributed by atoms with Gasteiger partial charge in [-0.1, -0.05) is 0 Å². The summed E-state index contributed by atoms with van der Waals surface area (Å²) in [6.07, 6.45) is 2.50. The Labute approximate surface area is 126 Å². The molecule has 2 rings (SSSR count). The molecule has 2 heterocycles. The van der Waals surface area contributed by atoms with Crippen LogP contribution in [0.25, 0.3) is 0 Å². The molecule has 0 radical (unpaired) electrons. The number of hydrazine groups is 1. The number of rotatable bonds is 5. The molecule has 3 N–H and O–H groups in total. The van der Waals surface area contributed by atoms with Gasteiger partial charge in [0.1, 0.15) is 11.5 Å². The molecule has 1 aliphatic rings. The van der Waals surface area contributed by atoms with Gasteiger partial charge in [0.05, 0.1) is 12.1 Å². The third-order valence-corrected chi connectivity index (χ3v) is 4.18. The molecule has 1 fully saturated rings. The van der Waals surface area contributed by atoms with Crippen molar-refractivity contribution in [3.63, 3.8) is 0 Å². The van der Waals surface area contributed by atoms with E-state index in [2.05, 4.69) is 29.3 Å². The van der Waals surface area contributed by atoms with Crippen molar-refractivity contribution < 1.29 is 9.21 Å². The molecule has 1 amide bonds. The monoisotopic (exact) mass is 294 g/mol. The minimum atomic E-state index is -0.305. The van der Waals surface area contributed by atoms with Crippen LogP contribution in [0.1, 0.15) is 34.7 Å². The maximum atomic E-state index is 11.6. The lowest BCUT2D eigenvalue weighted by molar-refractivity contribution is 0.0952. The first-order valence-corrected chi connectivity index (χ1v) is 7.47. The maximum absolute atomic E-state index is 11.6. The second-order valence-electron chi connectivity index (χ2n) is 6.10. The van der Waals surface area contributed by atoms with Gasteiger partial charge in [0, 0.05) is 6.54 Å². The van der Waals surface area contributed by atoms with Gasteiger partial charge in [-0.15, -0.1) is 0 Å². The molecular weight excluding hydrogens is 268 g/mol. The molecule has 118 valence electrons. The number of amides is 1. The highest BCUT2D eigenvalue weighted by atomic mass is 16.3. The fourth-order valence-electron chi connectivity index (χ4n) is 2.94. The van der Waals surface area contributed by atoms with Crippen molar-refractivity contribution in [2.45, 2.75) is 26.3 Å². The van der Waals surface area contributed by atoms with Crippen LogP contribution in [0.4, 0.5) is 0 Å². The van der Waals surface area contributed by atoms with Crippen molar-refractivity contribution in [3.8, 4) is 0 Å². The number of hydrogen-bond donors (Lipinski definition) is 2. The van der Waals surface area contributed by atoms with E-state index in [1.54, 1.807) is 13.0 Å². The second-order valence-corrected chi connectivity index (χ2v) is 6.10. The first kappa shape index (κ1) is 16.0. The van der Waals surface area contributed by atoms with Crippen LogP contribution in [0, 0.1) is 12.8 Å². The SMILES string of the molecule is Cc1oc(CN(C)CC2CCN(C)CC2)cc1C(=O)NN. The Morgan fingerprint density at radius 2 is 2.19 bits per heavy atom. The summed E-state index contributed by atoms with van der Waals surface area (Å²) >= 11 is 0. The number of furan rings is 1. The second kappa shape index (κ2) is 7.06. The molecule has 0 spiro atoms. The average Bonchev–Trinajstić information content (AvgIpc) is 2.81. The lowest BCUT2D eigenvalue weighted by Gasteiger charge is -2.31. The van der Waals surface area contributed by atoms with Gasteiger partial charge >= 0.3 is 0 Å². The number of piperidine rings is 1. The van der Waals surface area contributed by atoms with E-state index in [4.69, 9.17) is 10.3 Å². The number of hydrogen-bond acceptors (Lipinski definition) is 5. The van der Waals surface area contributed by atoms with Crippen LogP contribution in [0.5, 0.6) is 0 Å². The zero-order chi connectivity index (χ0) is 15.4. The summed E-state index contributed by atoms with van der Waals surface area (Å²) in [4.78, 5) is 16.2. The highest BCUT2D eigenvalue weighted by Crippen LogP contribution is 2.19. The first-order valence-electron chi connectivity index (χ1n) is 7.47. The summed E-state index contributed by atoms with van der Waals surface area (Å²) < 4.78 is 5.65. The van der Waals surface area contributed by atoms with Crippen LogP contribution < -0.4 is 11.3 Å². The molecule has 0 aromatic carbocycles. The molecule has 0 saturated carbocycles. The lowest BCUT2D eigenvalue weighted by atomic mass is 9.97. The molecule has 0 unspecified atom stereocenters. The van der Waals surface area contributed by atoms with E-state index in [1.165, 1.54) is 25.9 Å². The van der Waals surface area contributed by atoms with E-state index in [9.17, 15) is 4.79 Å². The number of aryl methyl sites for hydroxylation is 1. The van der Waals surface area contributed by atoms with Crippen LogP contribution in [-0.4, -0.2) is 49.4 Å². The normalized spacial score (nSPS) is 17.4. The molecule has 21 heavy (non-hydrogen) atoms. The fraction of sp³-hybridized carbons (Fsp3) is 0.667. The Balaban J connectivity index is 1.88. The Kier molecular flexibility index (Phi) is 5.39. The van der Waals surface area contributed by atoms with Crippen LogP contribution >= 0.6 is 0 Å². The fourth-order valence-corrected chi connectivity index (χ4v) is 2.94. The topological polar surface area (TPSA) is 74.7 Å². The predicted molar refractivity (Wildman–Crippen MR) is 81.7 cm³/mol. The molecule has 0 atom stereocenters. The number of carbonyl (C=O) groups is 1. The number of carbonyl (C=O) groups excluding carboxylic acids is 1. The predicted octanol–water partition coefficient (Wildman–Crippen LogP) is 0.965. The number of nitrogens with one attached hydrogen (secondary N) is 1. The highest BCUT2D eigenvalue weighted by Gasteiger charge is 2.19. The molecule has 1 aromatic rings. The van der Waals surface area contributed by atoms with Crippen molar-refractivity contribution in [1.82, 2.24) is 15.2 Å². The summed E-state index contributed by atoms with van der Waals surface area (Å²) in [6, 6.07) is 1.78. The lowest BCUT2D eigenvalue weighted by Crippen LogP contribution is -2.35. The van der Waals surface area contributed by atoms with Crippen LogP contribution in [0.2, 0.25) is 0 Å². The van der Waals surface area contributed by atoms with Gasteiger partial charge in [-0.25, -0.2) is 5.84 Å². The summed E-state index contributed by atoms with van der Waals surface area (Å²) in [5.74, 6) is 7.02. The summed E-state index contributed by atoms with van der Waals surface area (Å²) in [5.41, 5.74) is 2.66. The molecule has 1 aliphatic heterocycles. The standard InChI is InChI=1S/C15H26N4O2/c1-11-14(15(20)17-16)8-13(21-11)10-19(3)9-12-4-6-18(2)7-5-12/h8,12H,4-7,9-10,16H2,1-3H3,(H,17,20). The Hall–Kier alpha value is -1.37. The van der Waals surface area contributed by atoms with Gasteiger partial charge in [-0.05, 0) is 58.9 Å². The van der Waals surface area contributed by atoms with Crippen molar-refractivity contribution in [1.29, 1.82) is 0 Å². The number of nitrogen functional groups attached to an aromatic ring is 1. The van der Waals surface area contributed by atoms with Crippen molar-refractivity contribution in [2.75, 3.05) is 33.7 Å². The molecule has 6 heteroatoms. The van der Waals surface area contributed by atoms with Gasteiger partial charge in [0.15, 0.2) is 0 Å². The molecule has 0 aliphatic carbocycles. The van der Waals surface area contributed by atoms with Crippen LogP contribution in [0.15, 0.2) is 10.5 Å². The van der Waals surface area contributed by atoms with E-state index in [1.807, 2.05) is 0 Å². The molecule has 1 saturated heterocycles. The summed E-state index contributed by atoms with van der Waals surface area (Å²) in [5, 5.41) is 0. The van der Waals surface area contributed by atoms with E-state index >= 15 is 0 Å². The van der Waals surface area contributed by atoms with Gasteiger partial charge in [-0.3, -0.25) is 15.1 Å². The quantitative estimate of drug-likeness (QED) is 0.481. The average molecular weight is 294 g/mol. The molecule has 6 nitrogen and oxygen atoms in total. The number of likely N-dealkylation sites (tertiary alicyclic amines) is 1. The highest BCUT2D eigenvalue weighted by molar-refractivity contribution is 5.94. The van der Waals surface area contributed by atoms with E-state index in [-0.39, 0.29) is 5.91 Å². The Morgan fingerprint density at radius 3 is 2.81 bits per heavy atom. The van der Waals surface area contributed by atoms with Crippen LogP contribution in [-0.2, 0) is 6.54 Å². The first-order chi connectivity index (χ1) is 9.99. The van der Waals surface area contributed by atoms with Crippen molar-refractivity contribution in [3.05, 3.63) is 23.2 Å². The zero-order valence-electron chi connectivity index (χ0n) is 13.2. The number of nitrogens with zero attached hydrogens (tertiary/aromatic N) is 2.